The highest BCUT2D eigenvalue weighted by molar-refractivity contribution is 5.85. The Morgan fingerprint density at radius 1 is 1.35 bits per heavy atom. The molecule has 2 unspecified atom stereocenters. The molecule has 3 rings (SSSR count). The van der Waals surface area contributed by atoms with Crippen molar-refractivity contribution in [3.05, 3.63) is 23.8 Å². The van der Waals surface area contributed by atoms with Crippen LogP contribution in [0.3, 0.4) is 0 Å². The lowest BCUT2D eigenvalue weighted by atomic mass is 10.1. The molecule has 1 aliphatic heterocycles. The summed E-state index contributed by atoms with van der Waals surface area (Å²) in [6.07, 6.45) is 2.62. The predicted octanol–water partition coefficient (Wildman–Crippen LogP) is 1.58. The summed E-state index contributed by atoms with van der Waals surface area (Å²) in [4.78, 5) is 12.0. The molecule has 0 aromatic heterocycles. The minimum atomic E-state index is 0. The van der Waals surface area contributed by atoms with Crippen molar-refractivity contribution in [3.8, 4) is 11.5 Å². The van der Waals surface area contributed by atoms with Gasteiger partial charge in [0.2, 0.25) is 12.7 Å². The Balaban J connectivity index is 0.00000147. The smallest absolute Gasteiger partial charge is 0.231 e. The highest BCUT2D eigenvalue weighted by atomic mass is 35.5. The molecule has 1 aromatic carbocycles. The SMILES string of the molecule is Cl.NC1CCC(C(=O)NCc2cccc3c2OCO3)C1. The van der Waals surface area contributed by atoms with E-state index in [-0.39, 0.29) is 37.1 Å². The number of halogens is 1. The van der Waals surface area contributed by atoms with E-state index in [9.17, 15) is 4.79 Å². The zero-order valence-corrected chi connectivity index (χ0v) is 11.9. The lowest BCUT2D eigenvalue weighted by Crippen LogP contribution is -2.30. The first-order valence-corrected chi connectivity index (χ1v) is 6.65. The lowest BCUT2D eigenvalue weighted by molar-refractivity contribution is -0.125. The van der Waals surface area contributed by atoms with E-state index in [0.29, 0.717) is 6.54 Å². The van der Waals surface area contributed by atoms with Gasteiger partial charge >= 0.3 is 0 Å². The molecular formula is C14H19ClN2O3. The van der Waals surface area contributed by atoms with Gasteiger partial charge in [0.05, 0.1) is 0 Å². The van der Waals surface area contributed by atoms with Gasteiger partial charge in [0.25, 0.3) is 0 Å². The van der Waals surface area contributed by atoms with Crippen LogP contribution >= 0.6 is 12.4 Å². The number of nitrogens with one attached hydrogen (secondary N) is 1. The van der Waals surface area contributed by atoms with Crippen molar-refractivity contribution in [3.63, 3.8) is 0 Å². The van der Waals surface area contributed by atoms with Crippen molar-refractivity contribution < 1.29 is 14.3 Å². The molecule has 1 saturated carbocycles. The van der Waals surface area contributed by atoms with E-state index >= 15 is 0 Å². The highest BCUT2D eigenvalue weighted by Gasteiger charge is 2.27. The number of ether oxygens (including phenoxy) is 2. The number of fused-ring (bicyclic) bond motifs is 1. The van der Waals surface area contributed by atoms with Crippen LogP contribution < -0.4 is 20.5 Å². The van der Waals surface area contributed by atoms with E-state index in [2.05, 4.69) is 5.32 Å². The molecule has 1 aliphatic carbocycles. The number of amides is 1. The predicted molar refractivity (Wildman–Crippen MR) is 77.0 cm³/mol. The van der Waals surface area contributed by atoms with Gasteiger partial charge in [-0.3, -0.25) is 4.79 Å². The van der Waals surface area contributed by atoms with Crippen molar-refractivity contribution in [1.29, 1.82) is 0 Å². The number of nitrogens with two attached hydrogens (primary N) is 1. The maximum Gasteiger partial charge on any atom is 0.231 e. The third kappa shape index (κ3) is 2.99. The maximum absolute atomic E-state index is 12.0. The maximum atomic E-state index is 12.0. The van der Waals surface area contributed by atoms with Gasteiger partial charge in [0.15, 0.2) is 11.5 Å². The largest absolute Gasteiger partial charge is 0.454 e. The van der Waals surface area contributed by atoms with E-state index < -0.39 is 0 Å². The summed E-state index contributed by atoms with van der Waals surface area (Å²) >= 11 is 0. The van der Waals surface area contributed by atoms with Gasteiger partial charge in [-0.05, 0) is 25.3 Å². The molecule has 5 nitrogen and oxygen atoms in total. The summed E-state index contributed by atoms with van der Waals surface area (Å²) in [5, 5.41) is 2.96. The summed E-state index contributed by atoms with van der Waals surface area (Å²) in [6, 6.07) is 5.88. The molecule has 20 heavy (non-hydrogen) atoms. The summed E-state index contributed by atoms with van der Waals surface area (Å²) in [5.41, 5.74) is 6.78. The monoisotopic (exact) mass is 298 g/mol. The number of benzene rings is 1. The van der Waals surface area contributed by atoms with Crippen molar-refractivity contribution in [2.75, 3.05) is 6.79 Å². The fourth-order valence-electron chi connectivity index (χ4n) is 2.71. The van der Waals surface area contributed by atoms with E-state index in [1.807, 2.05) is 18.2 Å². The second kappa shape index (κ2) is 6.33. The van der Waals surface area contributed by atoms with Gasteiger partial charge in [-0.25, -0.2) is 0 Å². The molecule has 1 aromatic rings. The summed E-state index contributed by atoms with van der Waals surface area (Å²) < 4.78 is 10.7. The van der Waals surface area contributed by atoms with Gasteiger partial charge in [-0.1, -0.05) is 12.1 Å². The molecule has 6 heteroatoms. The zero-order chi connectivity index (χ0) is 13.2. The van der Waals surface area contributed by atoms with Crippen LogP contribution in [0.5, 0.6) is 11.5 Å². The minimum Gasteiger partial charge on any atom is -0.454 e. The average molecular weight is 299 g/mol. The van der Waals surface area contributed by atoms with E-state index in [1.165, 1.54) is 0 Å². The zero-order valence-electron chi connectivity index (χ0n) is 11.1. The molecule has 0 radical (unpaired) electrons. The summed E-state index contributed by atoms with van der Waals surface area (Å²) in [6.45, 7) is 0.717. The highest BCUT2D eigenvalue weighted by Crippen LogP contribution is 2.35. The molecule has 0 bridgehead atoms. The molecule has 110 valence electrons. The van der Waals surface area contributed by atoms with Crippen LogP contribution in [0.4, 0.5) is 0 Å². The van der Waals surface area contributed by atoms with Gasteiger partial charge in [-0.15, -0.1) is 12.4 Å². The number of rotatable bonds is 3. The van der Waals surface area contributed by atoms with Gasteiger partial charge in [-0.2, -0.15) is 0 Å². The lowest BCUT2D eigenvalue weighted by Gasteiger charge is -2.11. The molecule has 2 aliphatic rings. The fraction of sp³-hybridized carbons (Fsp3) is 0.500. The molecule has 1 amide bonds. The van der Waals surface area contributed by atoms with E-state index in [4.69, 9.17) is 15.2 Å². The molecule has 1 heterocycles. The van der Waals surface area contributed by atoms with Gasteiger partial charge in [0.1, 0.15) is 0 Å². The Kier molecular flexibility index (Phi) is 4.73. The molecular weight excluding hydrogens is 280 g/mol. The molecule has 1 fully saturated rings. The number of para-hydroxylation sites is 1. The Bertz CT molecular complexity index is 495. The van der Waals surface area contributed by atoms with Crippen LogP contribution in [0.1, 0.15) is 24.8 Å². The van der Waals surface area contributed by atoms with Crippen molar-refractivity contribution in [2.24, 2.45) is 11.7 Å². The number of hydrogen-bond donors (Lipinski definition) is 2. The van der Waals surface area contributed by atoms with E-state index in [1.54, 1.807) is 0 Å². The first kappa shape index (κ1) is 14.9. The molecule has 0 spiro atoms. The topological polar surface area (TPSA) is 73.6 Å². The fourth-order valence-corrected chi connectivity index (χ4v) is 2.71. The van der Waals surface area contributed by atoms with Crippen LogP contribution in [0.25, 0.3) is 0 Å². The van der Waals surface area contributed by atoms with E-state index in [0.717, 1.165) is 36.3 Å². The average Bonchev–Trinajstić information content (AvgIpc) is 3.04. The number of hydrogen-bond acceptors (Lipinski definition) is 4. The quantitative estimate of drug-likeness (QED) is 0.888. The van der Waals surface area contributed by atoms with Crippen LogP contribution in [0.15, 0.2) is 18.2 Å². The van der Waals surface area contributed by atoms with Crippen LogP contribution in [0.2, 0.25) is 0 Å². The molecule has 3 N–H and O–H groups in total. The first-order valence-electron chi connectivity index (χ1n) is 6.65. The molecule has 2 atom stereocenters. The van der Waals surface area contributed by atoms with Crippen LogP contribution in [-0.4, -0.2) is 18.7 Å². The summed E-state index contributed by atoms with van der Waals surface area (Å²) in [7, 11) is 0. The van der Waals surface area contributed by atoms with Gasteiger partial charge < -0.3 is 20.5 Å². The Morgan fingerprint density at radius 2 is 2.20 bits per heavy atom. The standard InChI is InChI=1S/C14H18N2O3.ClH/c15-11-5-4-9(6-11)14(17)16-7-10-2-1-3-12-13(10)19-8-18-12;/h1-3,9,11H,4-8,15H2,(H,16,17);1H. The minimum absolute atomic E-state index is 0. The van der Waals surface area contributed by atoms with Crippen LogP contribution in [0, 0.1) is 5.92 Å². The second-order valence-electron chi connectivity index (χ2n) is 5.14. The third-order valence-corrected chi connectivity index (χ3v) is 3.78. The van der Waals surface area contributed by atoms with Crippen molar-refractivity contribution in [1.82, 2.24) is 5.32 Å². The third-order valence-electron chi connectivity index (χ3n) is 3.78. The normalized spacial score (nSPS) is 23.2. The van der Waals surface area contributed by atoms with Crippen molar-refractivity contribution >= 4 is 18.3 Å². The first-order chi connectivity index (χ1) is 9.24. The van der Waals surface area contributed by atoms with Crippen LogP contribution in [-0.2, 0) is 11.3 Å². The number of carbonyl (C=O) groups excluding carboxylic acids is 1. The van der Waals surface area contributed by atoms with Crippen molar-refractivity contribution in [2.45, 2.75) is 31.8 Å². The molecule has 0 saturated heterocycles. The van der Waals surface area contributed by atoms with Gasteiger partial charge in [0, 0.05) is 24.1 Å². The number of carbonyl (C=O) groups is 1. The Hall–Kier alpha value is -1.46. The summed E-state index contributed by atoms with van der Waals surface area (Å²) in [5.74, 6) is 1.63. The Labute approximate surface area is 124 Å². The Morgan fingerprint density at radius 3 is 2.95 bits per heavy atom. The second-order valence-corrected chi connectivity index (χ2v) is 5.14.